The van der Waals surface area contributed by atoms with Crippen molar-refractivity contribution in [2.45, 2.75) is 50.4 Å². The van der Waals surface area contributed by atoms with E-state index in [4.69, 9.17) is 5.73 Å². The van der Waals surface area contributed by atoms with Gasteiger partial charge in [0.25, 0.3) is 0 Å². The maximum Gasteiger partial charge on any atom is 0.224 e. The molecule has 2 rings (SSSR count). The maximum absolute atomic E-state index is 12.3. The minimum Gasteiger partial charge on any atom is -0.343 e. The smallest absolute Gasteiger partial charge is 0.224 e. The standard InChI is InChI=1S/C14H27N3OS/c1-11-12(2)19-8-7-17(11)13(10-15)9-14(18)16-5-3-4-6-16/h11-13H,3-10,15H2,1-2H3. The van der Waals surface area contributed by atoms with Crippen LogP contribution >= 0.6 is 11.8 Å². The van der Waals surface area contributed by atoms with E-state index in [9.17, 15) is 4.79 Å². The Morgan fingerprint density at radius 1 is 1.32 bits per heavy atom. The van der Waals surface area contributed by atoms with Crippen LogP contribution in [0.1, 0.15) is 33.1 Å². The van der Waals surface area contributed by atoms with Gasteiger partial charge >= 0.3 is 0 Å². The second kappa shape index (κ2) is 6.95. The summed E-state index contributed by atoms with van der Waals surface area (Å²) in [5.41, 5.74) is 5.94. The molecule has 2 aliphatic heterocycles. The van der Waals surface area contributed by atoms with Gasteiger partial charge < -0.3 is 10.6 Å². The molecule has 2 aliphatic rings. The Bertz CT molecular complexity index is 307. The number of nitrogens with zero attached hydrogens (tertiary/aromatic N) is 2. The Balaban J connectivity index is 1.93. The zero-order chi connectivity index (χ0) is 13.8. The van der Waals surface area contributed by atoms with Crippen LogP contribution in [0.2, 0.25) is 0 Å². The first-order valence-electron chi connectivity index (χ1n) is 7.48. The van der Waals surface area contributed by atoms with Gasteiger partial charge in [-0.05, 0) is 19.8 Å². The highest BCUT2D eigenvalue weighted by Gasteiger charge is 2.32. The van der Waals surface area contributed by atoms with Crippen LogP contribution in [0.3, 0.4) is 0 Å². The van der Waals surface area contributed by atoms with Gasteiger partial charge in [0.05, 0.1) is 0 Å². The summed E-state index contributed by atoms with van der Waals surface area (Å²) in [5.74, 6) is 1.45. The van der Waals surface area contributed by atoms with E-state index in [1.54, 1.807) is 0 Å². The van der Waals surface area contributed by atoms with Crippen LogP contribution in [0, 0.1) is 0 Å². The van der Waals surface area contributed by atoms with Crippen molar-refractivity contribution in [3.8, 4) is 0 Å². The number of rotatable bonds is 4. The Morgan fingerprint density at radius 3 is 2.63 bits per heavy atom. The monoisotopic (exact) mass is 285 g/mol. The van der Waals surface area contributed by atoms with Gasteiger partial charge in [-0.1, -0.05) is 6.92 Å². The molecule has 0 aromatic rings. The molecule has 5 heteroatoms. The van der Waals surface area contributed by atoms with Gasteiger partial charge in [0.15, 0.2) is 0 Å². The van der Waals surface area contributed by atoms with Crippen molar-refractivity contribution in [1.29, 1.82) is 0 Å². The average Bonchev–Trinajstić information content (AvgIpc) is 2.93. The lowest BCUT2D eigenvalue weighted by Crippen LogP contribution is -2.54. The fraction of sp³-hybridized carbons (Fsp3) is 0.929. The third-order valence-electron chi connectivity index (χ3n) is 4.54. The number of nitrogens with two attached hydrogens (primary N) is 1. The van der Waals surface area contributed by atoms with Crippen molar-refractivity contribution in [2.75, 3.05) is 31.9 Å². The lowest BCUT2D eigenvalue weighted by Gasteiger charge is -2.42. The van der Waals surface area contributed by atoms with Gasteiger partial charge in [0, 0.05) is 55.7 Å². The summed E-state index contributed by atoms with van der Waals surface area (Å²) in [6.45, 7) is 8.07. The van der Waals surface area contributed by atoms with Crippen LogP contribution in [0.4, 0.5) is 0 Å². The van der Waals surface area contributed by atoms with E-state index in [0.717, 1.165) is 38.2 Å². The number of carbonyl (C=O) groups excluding carboxylic acids is 1. The molecular formula is C14H27N3OS. The van der Waals surface area contributed by atoms with Crippen LogP contribution < -0.4 is 5.73 Å². The molecule has 0 aromatic heterocycles. The van der Waals surface area contributed by atoms with Gasteiger partial charge in [-0.2, -0.15) is 11.8 Å². The lowest BCUT2D eigenvalue weighted by molar-refractivity contribution is -0.131. The number of carbonyl (C=O) groups is 1. The van der Waals surface area contributed by atoms with Crippen LogP contribution in [0.5, 0.6) is 0 Å². The van der Waals surface area contributed by atoms with Crippen molar-refractivity contribution in [1.82, 2.24) is 9.80 Å². The average molecular weight is 285 g/mol. The number of hydrogen-bond donors (Lipinski definition) is 1. The molecule has 0 bridgehead atoms. The molecule has 0 aromatic carbocycles. The minimum absolute atomic E-state index is 0.214. The van der Waals surface area contributed by atoms with E-state index in [0.29, 0.717) is 30.2 Å². The van der Waals surface area contributed by atoms with Crippen LogP contribution in [-0.4, -0.2) is 65.0 Å². The van der Waals surface area contributed by atoms with Crippen LogP contribution in [-0.2, 0) is 4.79 Å². The number of thioether (sulfide) groups is 1. The normalized spacial score (nSPS) is 30.6. The van der Waals surface area contributed by atoms with E-state index in [2.05, 4.69) is 18.7 Å². The van der Waals surface area contributed by atoms with E-state index in [-0.39, 0.29) is 6.04 Å². The summed E-state index contributed by atoms with van der Waals surface area (Å²) in [4.78, 5) is 16.7. The van der Waals surface area contributed by atoms with E-state index < -0.39 is 0 Å². The first-order chi connectivity index (χ1) is 9.13. The summed E-state index contributed by atoms with van der Waals surface area (Å²) in [5, 5.41) is 0.629. The molecule has 3 atom stereocenters. The Kier molecular flexibility index (Phi) is 5.54. The number of amides is 1. The van der Waals surface area contributed by atoms with Crippen molar-refractivity contribution >= 4 is 17.7 Å². The van der Waals surface area contributed by atoms with Crippen LogP contribution in [0.15, 0.2) is 0 Å². The predicted octanol–water partition coefficient (Wildman–Crippen LogP) is 1.15. The van der Waals surface area contributed by atoms with E-state index in [1.807, 2.05) is 16.7 Å². The lowest BCUT2D eigenvalue weighted by atomic mass is 10.1. The minimum atomic E-state index is 0.214. The van der Waals surface area contributed by atoms with Crippen LogP contribution in [0.25, 0.3) is 0 Å². The molecule has 1 amide bonds. The molecule has 2 N–H and O–H groups in total. The molecule has 110 valence electrons. The molecule has 0 aliphatic carbocycles. The van der Waals surface area contributed by atoms with Gasteiger partial charge in [-0.3, -0.25) is 9.69 Å². The molecule has 19 heavy (non-hydrogen) atoms. The van der Waals surface area contributed by atoms with Crippen molar-refractivity contribution in [3.05, 3.63) is 0 Å². The molecule has 0 saturated carbocycles. The zero-order valence-electron chi connectivity index (χ0n) is 12.2. The summed E-state index contributed by atoms with van der Waals surface area (Å²) in [7, 11) is 0. The highest BCUT2D eigenvalue weighted by atomic mass is 32.2. The van der Waals surface area contributed by atoms with Crippen molar-refractivity contribution < 1.29 is 4.79 Å². The predicted molar refractivity (Wildman–Crippen MR) is 81.4 cm³/mol. The number of likely N-dealkylation sites (tertiary alicyclic amines) is 1. The van der Waals surface area contributed by atoms with Crippen molar-refractivity contribution in [2.24, 2.45) is 5.73 Å². The largest absolute Gasteiger partial charge is 0.343 e. The van der Waals surface area contributed by atoms with E-state index in [1.165, 1.54) is 0 Å². The third-order valence-corrected chi connectivity index (χ3v) is 5.88. The van der Waals surface area contributed by atoms with E-state index >= 15 is 0 Å². The fourth-order valence-electron chi connectivity index (χ4n) is 3.10. The fourth-order valence-corrected chi connectivity index (χ4v) is 4.23. The maximum atomic E-state index is 12.3. The van der Waals surface area contributed by atoms with Gasteiger partial charge in [-0.25, -0.2) is 0 Å². The first kappa shape index (κ1) is 15.1. The second-order valence-electron chi connectivity index (χ2n) is 5.74. The highest BCUT2D eigenvalue weighted by molar-refractivity contribution is 8.00. The summed E-state index contributed by atoms with van der Waals surface area (Å²) < 4.78 is 0. The number of hydrogen-bond acceptors (Lipinski definition) is 4. The summed E-state index contributed by atoms with van der Waals surface area (Å²) >= 11 is 2.02. The molecule has 2 heterocycles. The molecule has 2 fully saturated rings. The summed E-state index contributed by atoms with van der Waals surface area (Å²) in [6, 6.07) is 0.727. The molecular weight excluding hydrogens is 258 g/mol. The zero-order valence-corrected chi connectivity index (χ0v) is 13.0. The molecule has 2 saturated heterocycles. The Hall–Kier alpha value is -0.260. The molecule has 3 unspecified atom stereocenters. The topological polar surface area (TPSA) is 49.6 Å². The van der Waals surface area contributed by atoms with Gasteiger partial charge in [0.2, 0.25) is 5.91 Å². The van der Waals surface area contributed by atoms with Crippen molar-refractivity contribution in [3.63, 3.8) is 0 Å². The summed E-state index contributed by atoms with van der Waals surface area (Å²) in [6.07, 6.45) is 2.91. The third kappa shape index (κ3) is 3.64. The SMILES string of the molecule is CC1SCCN(C(CN)CC(=O)N2CCCC2)C1C. The second-order valence-corrected chi connectivity index (χ2v) is 7.22. The van der Waals surface area contributed by atoms with Gasteiger partial charge in [-0.15, -0.1) is 0 Å². The molecule has 0 spiro atoms. The molecule has 0 radical (unpaired) electrons. The Morgan fingerprint density at radius 2 is 2.00 bits per heavy atom. The molecule has 4 nitrogen and oxygen atoms in total. The first-order valence-corrected chi connectivity index (χ1v) is 8.53. The van der Waals surface area contributed by atoms with Gasteiger partial charge in [0.1, 0.15) is 0 Å². The highest BCUT2D eigenvalue weighted by Crippen LogP contribution is 2.26. The quantitative estimate of drug-likeness (QED) is 0.842. The Labute approximate surface area is 121 Å².